The Kier molecular flexibility index (Phi) is 5.86. The zero-order chi connectivity index (χ0) is 18.4. The Morgan fingerprint density at radius 3 is 2.54 bits per heavy atom. The lowest BCUT2D eigenvalue weighted by atomic mass is 10.1. The van der Waals surface area contributed by atoms with Gasteiger partial charge in [0.15, 0.2) is 0 Å². The summed E-state index contributed by atoms with van der Waals surface area (Å²) >= 11 is 0. The monoisotopic (exact) mass is 354 g/mol. The first kappa shape index (κ1) is 17.9. The summed E-state index contributed by atoms with van der Waals surface area (Å²) in [5.74, 6) is 0.374. The van der Waals surface area contributed by atoms with E-state index in [2.05, 4.69) is 5.32 Å². The van der Waals surface area contributed by atoms with E-state index in [0.29, 0.717) is 43.3 Å². The molecule has 136 valence electrons. The second-order valence-corrected chi connectivity index (χ2v) is 5.99. The van der Waals surface area contributed by atoms with Crippen LogP contribution in [-0.2, 0) is 16.0 Å². The van der Waals surface area contributed by atoms with Crippen molar-refractivity contribution >= 4 is 17.5 Å². The van der Waals surface area contributed by atoms with Gasteiger partial charge in [-0.05, 0) is 18.2 Å². The lowest BCUT2D eigenvalue weighted by Gasteiger charge is -2.27. The Bertz CT molecular complexity index is 785. The zero-order valence-electron chi connectivity index (χ0n) is 14.7. The third-order valence-corrected chi connectivity index (χ3v) is 4.27. The summed E-state index contributed by atoms with van der Waals surface area (Å²) < 4.78 is 10.6. The molecule has 1 fully saturated rings. The molecule has 3 rings (SSSR count). The lowest BCUT2D eigenvalue weighted by molar-refractivity contribution is -0.115. The summed E-state index contributed by atoms with van der Waals surface area (Å²) in [6, 6.07) is 14.5. The Morgan fingerprint density at radius 2 is 1.77 bits per heavy atom. The van der Waals surface area contributed by atoms with Crippen molar-refractivity contribution in [3.8, 4) is 5.75 Å². The summed E-state index contributed by atoms with van der Waals surface area (Å²) in [6.45, 7) is 2.19. The molecule has 2 aromatic rings. The number of morpholine rings is 1. The van der Waals surface area contributed by atoms with Gasteiger partial charge in [0.1, 0.15) is 5.75 Å². The van der Waals surface area contributed by atoms with Crippen molar-refractivity contribution < 1.29 is 19.1 Å². The van der Waals surface area contributed by atoms with Gasteiger partial charge >= 0.3 is 0 Å². The van der Waals surface area contributed by atoms with E-state index in [-0.39, 0.29) is 18.2 Å². The maximum atomic E-state index is 12.8. The van der Waals surface area contributed by atoms with Gasteiger partial charge in [0, 0.05) is 18.7 Å². The van der Waals surface area contributed by atoms with Crippen molar-refractivity contribution in [1.29, 1.82) is 0 Å². The highest BCUT2D eigenvalue weighted by Gasteiger charge is 2.21. The molecular formula is C20H22N2O4. The van der Waals surface area contributed by atoms with Gasteiger partial charge in [0.25, 0.3) is 5.91 Å². The van der Waals surface area contributed by atoms with E-state index in [1.165, 1.54) is 0 Å². The Morgan fingerprint density at radius 1 is 1.08 bits per heavy atom. The van der Waals surface area contributed by atoms with Crippen LogP contribution in [0.15, 0.2) is 48.5 Å². The van der Waals surface area contributed by atoms with E-state index in [1.54, 1.807) is 36.3 Å². The summed E-state index contributed by atoms with van der Waals surface area (Å²) in [4.78, 5) is 27.0. The van der Waals surface area contributed by atoms with Crippen LogP contribution in [0.1, 0.15) is 15.9 Å². The topological polar surface area (TPSA) is 67.9 Å². The molecule has 1 heterocycles. The van der Waals surface area contributed by atoms with Crippen molar-refractivity contribution in [2.45, 2.75) is 6.42 Å². The smallest absolute Gasteiger partial charge is 0.256 e. The molecule has 1 aliphatic rings. The number of nitrogens with one attached hydrogen (secondary N) is 1. The second-order valence-electron chi connectivity index (χ2n) is 5.99. The minimum atomic E-state index is -0.197. The number of rotatable bonds is 5. The van der Waals surface area contributed by atoms with E-state index in [4.69, 9.17) is 9.47 Å². The fourth-order valence-corrected chi connectivity index (χ4v) is 2.93. The number of hydrogen-bond donors (Lipinski definition) is 1. The minimum absolute atomic E-state index is 0.0958. The number of carbonyl (C=O) groups is 2. The molecule has 0 aromatic heterocycles. The summed E-state index contributed by atoms with van der Waals surface area (Å²) in [5, 5.41) is 2.86. The van der Waals surface area contributed by atoms with Crippen LogP contribution >= 0.6 is 0 Å². The number of methoxy groups -OCH3 is 1. The van der Waals surface area contributed by atoms with Crippen molar-refractivity contribution in [3.63, 3.8) is 0 Å². The third-order valence-electron chi connectivity index (χ3n) is 4.27. The third kappa shape index (κ3) is 4.21. The molecule has 1 saturated heterocycles. The summed E-state index contributed by atoms with van der Waals surface area (Å²) in [6.07, 6.45) is 0.171. The molecule has 0 bridgehead atoms. The Labute approximate surface area is 152 Å². The lowest BCUT2D eigenvalue weighted by Crippen LogP contribution is -2.41. The van der Waals surface area contributed by atoms with Crippen molar-refractivity contribution in [2.24, 2.45) is 0 Å². The number of benzene rings is 2. The maximum Gasteiger partial charge on any atom is 0.256 e. The van der Waals surface area contributed by atoms with Gasteiger partial charge in [-0.1, -0.05) is 30.3 Å². The van der Waals surface area contributed by atoms with Gasteiger partial charge in [-0.15, -0.1) is 0 Å². The van der Waals surface area contributed by atoms with Crippen LogP contribution in [0.25, 0.3) is 0 Å². The molecule has 1 aliphatic heterocycles. The first-order valence-electron chi connectivity index (χ1n) is 8.57. The van der Waals surface area contributed by atoms with E-state index in [0.717, 1.165) is 5.56 Å². The van der Waals surface area contributed by atoms with Crippen LogP contribution in [0.5, 0.6) is 5.75 Å². The first-order valence-corrected chi connectivity index (χ1v) is 8.57. The fourth-order valence-electron chi connectivity index (χ4n) is 2.93. The highest BCUT2D eigenvalue weighted by atomic mass is 16.5. The second kappa shape index (κ2) is 8.49. The number of nitrogens with zero attached hydrogens (tertiary/aromatic N) is 1. The highest BCUT2D eigenvalue weighted by Crippen LogP contribution is 2.21. The average Bonchev–Trinajstić information content (AvgIpc) is 2.69. The van der Waals surface area contributed by atoms with Crippen LogP contribution < -0.4 is 10.1 Å². The molecule has 0 saturated carbocycles. The largest absolute Gasteiger partial charge is 0.496 e. The van der Waals surface area contributed by atoms with E-state index in [9.17, 15) is 9.59 Å². The number of carbonyl (C=O) groups excluding carboxylic acids is 2. The van der Waals surface area contributed by atoms with E-state index >= 15 is 0 Å². The summed E-state index contributed by atoms with van der Waals surface area (Å²) in [5.41, 5.74) is 1.80. The molecular weight excluding hydrogens is 332 g/mol. The summed E-state index contributed by atoms with van der Waals surface area (Å²) in [7, 11) is 1.58. The van der Waals surface area contributed by atoms with Crippen molar-refractivity contribution in [1.82, 2.24) is 4.90 Å². The van der Waals surface area contributed by atoms with Crippen LogP contribution in [-0.4, -0.2) is 50.1 Å². The molecule has 2 amide bonds. The predicted octanol–water partition coefficient (Wildman–Crippen LogP) is 2.35. The van der Waals surface area contributed by atoms with Crippen molar-refractivity contribution in [2.75, 3.05) is 38.7 Å². The molecule has 0 spiro atoms. The van der Waals surface area contributed by atoms with E-state index in [1.807, 2.05) is 24.3 Å². The van der Waals surface area contributed by atoms with Gasteiger partial charge in [-0.3, -0.25) is 9.59 Å². The van der Waals surface area contributed by atoms with Crippen LogP contribution in [0, 0.1) is 0 Å². The zero-order valence-corrected chi connectivity index (χ0v) is 14.7. The Hall–Kier alpha value is -2.86. The normalized spacial score (nSPS) is 14.0. The molecule has 0 aliphatic carbocycles. The predicted molar refractivity (Wildman–Crippen MR) is 98.5 cm³/mol. The molecule has 0 atom stereocenters. The van der Waals surface area contributed by atoms with Crippen molar-refractivity contribution in [3.05, 3.63) is 59.7 Å². The number of ether oxygens (including phenoxy) is 2. The molecule has 6 heteroatoms. The number of anilines is 1. The fraction of sp³-hybridized carbons (Fsp3) is 0.300. The molecule has 6 nitrogen and oxygen atoms in total. The van der Waals surface area contributed by atoms with Gasteiger partial charge < -0.3 is 19.7 Å². The highest BCUT2D eigenvalue weighted by molar-refractivity contribution is 6.04. The molecule has 2 aromatic carbocycles. The molecule has 0 unspecified atom stereocenters. The number of para-hydroxylation sites is 2. The number of hydrogen-bond acceptors (Lipinski definition) is 4. The van der Waals surface area contributed by atoms with Crippen LogP contribution in [0.3, 0.4) is 0 Å². The molecule has 0 radical (unpaired) electrons. The molecule has 1 N–H and O–H groups in total. The Balaban J connectivity index is 1.73. The SMILES string of the molecule is COc1ccccc1CC(=O)Nc1ccccc1C(=O)N1CCOCC1. The average molecular weight is 354 g/mol. The van der Waals surface area contributed by atoms with Gasteiger partial charge in [0.05, 0.1) is 38.0 Å². The molecule has 26 heavy (non-hydrogen) atoms. The van der Waals surface area contributed by atoms with Crippen LogP contribution in [0.2, 0.25) is 0 Å². The number of amides is 2. The van der Waals surface area contributed by atoms with Crippen LogP contribution in [0.4, 0.5) is 5.69 Å². The first-order chi connectivity index (χ1) is 12.7. The van der Waals surface area contributed by atoms with E-state index < -0.39 is 0 Å². The van der Waals surface area contributed by atoms with Gasteiger partial charge in [-0.2, -0.15) is 0 Å². The van der Waals surface area contributed by atoms with Gasteiger partial charge in [-0.25, -0.2) is 0 Å². The van der Waals surface area contributed by atoms with Gasteiger partial charge in [0.2, 0.25) is 5.91 Å². The maximum absolute atomic E-state index is 12.8. The standard InChI is InChI=1S/C20H22N2O4/c1-25-18-9-5-2-6-15(18)14-19(23)21-17-8-4-3-7-16(17)20(24)22-10-12-26-13-11-22/h2-9H,10-14H2,1H3,(H,21,23). The quantitative estimate of drug-likeness (QED) is 0.895. The minimum Gasteiger partial charge on any atom is -0.496 e.